The van der Waals surface area contributed by atoms with Gasteiger partial charge in [-0.15, -0.1) is 0 Å². The van der Waals surface area contributed by atoms with Crippen molar-refractivity contribution < 1.29 is 4.79 Å². The van der Waals surface area contributed by atoms with Crippen LogP contribution in [-0.2, 0) is 11.2 Å². The van der Waals surface area contributed by atoms with Gasteiger partial charge in [-0.1, -0.05) is 59.8 Å². The number of hydrogen-bond donors (Lipinski definition) is 1. The number of carbonyl (C=O) groups is 1. The number of nitrogens with one attached hydrogen (secondary N) is 1. The molecule has 1 unspecified atom stereocenters. The van der Waals surface area contributed by atoms with E-state index >= 15 is 0 Å². The van der Waals surface area contributed by atoms with Gasteiger partial charge in [0.25, 0.3) is 5.56 Å². The minimum atomic E-state index is -0.231. The molecule has 0 aliphatic carbocycles. The number of nitrogens with zero attached hydrogens (tertiary/aromatic N) is 4. The molecule has 1 aliphatic rings. The van der Waals surface area contributed by atoms with Gasteiger partial charge in [0.2, 0.25) is 5.91 Å². The average molecular weight is 466 g/mol. The van der Waals surface area contributed by atoms with Gasteiger partial charge in [-0.05, 0) is 30.2 Å². The van der Waals surface area contributed by atoms with E-state index in [1.165, 1.54) is 23.5 Å². The van der Waals surface area contributed by atoms with Gasteiger partial charge in [-0.25, -0.2) is 9.67 Å². The van der Waals surface area contributed by atoms with Crippen LogP contribution in [0.1, 0.15) is 18.0 Å². The fourth-order valence-electron chi connectivity index (χ4n) is 3.85. The molecule has 0 saturated heterocycles. The molecule has 9 heteroatoms. The molecule has 2 aromatic heterocycles. The highest BCUT2D eigenvalue weighted by Crippen LogP contribution is 2.33. The molecule has 0 spiro atoms. The fraction of sp³-hybridized carbons (Fsp3) is 0.217. The van der Waals surface area contributed by atoms with Crippen molar-refractivity contribution >= 4 is 40.3 Å². The van der Waals surface area contributed by atoms with Crippen LogP contribution in [0.4, 0.5) is 0 Å². The third-order valence-electron chi connectivity index (χ3n) is 5.42. The number of halogens is 1. The third-order valence-corrected chi connectivity index (χ3v) is 6.76. The second kappa shape index (κ2) is 8.80. The third kappa shape index (κ3) is 4.03. The zero-order valence-electron chi connectivity index (χ0n) is 17.1. The van der Waals surface area contributed by atoms with Crippen LogP contribution in [0, 0.1) is 0 Å². The summed E-state index contributed by atoms with van der Waals surface area (Å²) in [5.41, 5.74) is 2.23. The average Bonchev–Trinajstić information content (AvgIpc) is 3.39. The first kappa shape index (κ1) is 20.8. The number of amides is 1. The smallest absolute Gasteiger partial charge is 0.265 e. The molecule has 0 radical (unpaired) electrons. The van der Waals surface area contributed by atoms with Crippen LogP contribution >= 0.6 is 23.4 Å². The monoisotopic (exact) mass is 465 g/mol. The molecule has 3 heterocycles. The Balaban J connectivity index is 1.34. The first-order valence-corrected chi connectivity index (χ1v) is 11.7. The van der Waals surface area contributed by atoms with Crippen LogP contribution in [0.2, 0.25) is 5.02 Å². The summed E-state index contributed by atoms with van der Waals surface area (Å²) in [6, 6.07) is 17.0. The van der Waals surface area contributed by atoms with Gasteiger partial charge in [0.15, 0.2) is 10.8 Å². The Kier molecular flexibility index (Phi) is 5.71. The summed E-state index contributed by atoms with van der Waals surface area (Å²) in [7, 11) is 0. The van der Waals surface area contributed by atoms with Crippen LogP contribution in [0.15, 0.2) is 70.7 Å². The number of hydrogen-bond acceptors (Lipinski definition) is 5. The summed E-state index contributed by atoms with van der Waals surface area (Å²) in [6.45, 7) is 0.564. The summed E-state index contributed by atoms with van der Waals surface area (Å²) >= 11 is 7.59. The number of carbonyl (C=O) groups excluding carboxylic acids is 1. The van der Waals surface area contributed by atoms with Crippen molar-refractivity contribution in [1.29, 1.82) is 0 Å². The van der Waals surface area contributed by atoms with E-state index in [4.69, 9.17) is 16.6 Å². The van der Waals surface area contributed by atoms with Gasteiger partial charge in [-0.3, -0.25) is 14.2 Å². The SMILES string of the molecule is O=C(CC1CSc2nc3c(cnn3-c3cccc(Cl)c3)c(=O)n21)NCCc1ccccc1. The molecular weight excluding hydrogens is 446 g/mol. The molecule has 0 fully saturated rings. The lowest BCUT2D eigenvalue weighted by molar-refractivity contribution is -0.121. The van der Waals surface area contributed by atoms with E-state index in [0.717, 1.165) is 12.1 Å². The summed E-state index contributed by atoms with van der Waals surface area (Å²) < 4.78 is 3.25. The van der Waals surface area contributed by atoms with Gasteiger partial charge >= 0.3 is 0 Å². The van der Waals surface area contributed by atoms with Crippen LogP contribution in [-0.4, -0.2) is 37.5 Å². The van der Waals surface area contributed by atoms with E-state index in [9.17, 15) is 9.59 Å². The van der Waals surface area contributed by atoms with Crippen LogP contribution in [0.25, 0.3) is 16.7 Å². The normalized spacial score (nSPS) is 15.1. The van der Waals surface area contributed by atoms with Crippen molar-refractivity contribution in [2.24, 2.45) is 0 Å². The number of thioether (sulfide) groups is 1. The van der Waals surface area contributed by atoms with Gasteiger partial charge in [0.1, 0.15) is 5.39 Å². The summed E-state index contributed by atoms with van der Waals surface area (Å²) in [5, 5.41) is 8.93. The van der Waals surface area contributed by atoms with Gasteiger partial charge < -0.3 is 5.32 Å². The first-order chi connectivity index (χ1) is 15.6. The number of benzene rings is 2. The highest BCUT2D eigenvalue weighted by molar-refractivity contribution is 7.99. The molecule has 5 rings (SSSR count). The lowest BCUT2D eigenvalue weighted by Crippen LogP contribution is -2.31. The van der Waals surface area contributed by atoms with Crippen molar-refractivity contribution in [3.8, 4) is 5.69 Å². The molecule has 32 heavy (non-hydrogen) atoms. The minimum Gasteiger partial charge on any atom is -0.356 e. The Morgan fingerprint density at radius 2 is 2.03 bits per heavy atom. The van der Waals surface area contributed by atoms with Crippen molar-refractivity contribution in [2.75, 3.05) is 12.3 Å². The molecule has 7 nitrogen and oxygen atoms in total. The quantitative estimate of drug-likeness (QED) is 0.440. The zero-order chi connectivity index (χ0) is 22.1. The molecule has 1 N–H and O–H groups in total. The molecule has 162 valence electrons. The number of aromatic nitrogens is 4. The van der Waals surface area contributed by atoms with Gasteiger partial charge in [0.05, 0.1) is 17.9 Å². The molecule has 1 atom stereocenters. The summed E-state index contributed by atoms with van der Waals surface area (Å²) in [6.07, 6.45) is 2.54. The van der Waals surface area contributed by atoms with E-state index < -0.39 is 0 Å². The van der Waals surface area contributed by atoms with Crippen LogP contribution < -0.4 is 10.9 Å². The number of rotatable bonds is 6. The molecule has 2 aromatic carbocycles. The molecular formula is C23H20ClN5O2S. The molecule has 1 amide bonds. The fourth-order valence-corrected chi connectivity index (χ4v) is 5.17. The Morgan fingerprint density at radius 1 is 1.19 bits per heavy atom. The van der Waals surface area contributed by atoms with Crippen LogP contribution in [0.3, 0.4) is 0 Å². The summed E-state index contributed by atoms with van der Waals surface area (Å²) in [4.78, 5) is 30.4. The van der Waals surface area contributed by atoms with E-state index in [-0.39, 0.29) is 23.9 Å². The Bertz CT molecular complexity index is 1350. The van der Waals surface area contributed by atoms with Crippen LogP contribution in [0.5, 0.6) is 0 Å². The number of fused-ring (bicyclic) bond motifs is 2. The maximum absolute atomic E-state index is 13.2. The highest BCUT2D eigenvalue weighted by atomic mass is 35.5. The van der Waals surface area contributed by atoms with Crippen molar-refractivity contribution in [2.45, 2.75) is 24.0 Å². The van der Waals surface area contributed by atoms with E-state index in [1.54, 1.807) is 21.4 Å². The largest absolute Gasteiger partial charge is 0.356 e. The zero-order valence-corrected chi connectivity index (χ0v) is 18.6. The highest BCUT2D eigenvalue weighted by Gasteiger charge is 2.29. The van der Waals surface area contributed by atoms with Crippen molar-refractivity contribution in [3.05, 3.63) is 81.7 Å². The van der Waals surface area contributed by atoms with E-state index in [0.29, 0.717) is 33.5 Å². The second-order valence-corrected chi connectivity index (χ2v) is 9.02. The van der Waals surface area contributed by atoms with E-state index in [2.05, 4.69) is 10.4 Å². The first-order valence-electron chi connectivity index (χ1n) is 10.3. The second-order valence-electron chi connectivity index (χ2n) is 7.60. The molecule has 1 aliphatic heterocycles. The lowest BCUT2D eigenvalue weighted by atomic mass is 10.1. The standard InChI is InChI=1S/C23H20ClN5O2S/c24-16-7-4-8-17(11-16)29-21-19(13-26-29)22(31)28-18(14-32-23(28)27-21)12-20(30)25-10-9-15-5-2-1-3-6-15/h1-8,11,13,18H,9-10,12,14H2,(H,25,30). The Hall–Kier alpha value is -3.10. The molecule has 4 aromatic rings. The predicted molar refractivity (Wildman–Crippen MR) is 126 cm³/mol. The summed E-state index contributed by atoms with van der Waals surface area (Å²) in [5.74, 6) is 0.562. The van der Waals surface area contributed by atoms with Crippen molar-refractivity contribution in [1.82, 2.24) is 24.6 Å². The molecule has 0 saturated carbocycles. The van der Waals surface area contributed by atoms with E-state index in [1.807, 2.05) is 42.5 Å². The Morgan fingerprint density at radius 3 is 2.84 bits per heavy atom. The maximum atomic E-state index is 13.2. The minimum absolute atomic E-state index is 0.0685. The lowest BCUT2D eigenvalue weighted by Gasteiger charge is -2.13. The Labute approximate surface area is 193 Å². The molecule has 0 bridgehead atoms. The maximum Gasteiger partial charge on any atom is 0.265 e. The predicted octanol–water partition coefficient (Wildman–Crippen LogP) is 3.63. The van der Waals surface area contributed by atoms with Gasteiger partial charge in [-0.2, -0.15) is 5.10 Å². The topological polar surface area (TPSA) is 81.8 Å². The van der Waals surface area contributed by atoms with Crippen molar-refractivity contribution in [3.63, 3.8) is 0 Å². The van der Waals surface area contributed by atoms with Gasteiger partial charge in [0, 0.05) is 23.7 Å².